The first-order valence-electron chi connectivity index (χ1n) is 10.5. The number of likely N-dealkylation sites (tertiary alicyclic amines) is 2. The Hall–Kier alpha value is -0.810. The molecule has 0 bridgehead atoms. The number of alkyl halides is 1. The minimum atomic E-state index is -0.426. The van der Waals surface area contributed by atoms with Crippen molar-refractivity contribution in [3.63, 3.8) is 0 Å². The third kappa shape index (κ3) is 5.13. The second-order valence-electron chi connectivity index (χ2n) is 8.33. The van der Waals surface area contributed by atoms with Gasteiger partial charge in [-0.25, -0.2) is 0 Å². The van der Waals surface area contributed by atoms with E-state index in [1.165, 1.54) is 19.3 Å². The molecule has 2 aliphatic heterocycles. The van der Waals surface area contributed by atoms with E-state index in [2.05, 4.69) is 10.2 Å². The maximum Gasteiger partial charge on any atom is 0.240 e. The number of nitrogens with one attached hydrogen (secondary N) is 1. The molecule has 3 aliphatic rings. The molecule has 2 heterocycles. The molecule has 1 atom stereocenters. The number of nitrogens with zero attached hydrogens (tertiary/aromatic N) is 2. The number of hydrogen-bond acceptors (Lipinski definition) is 3. The van der Waals surface area contributed by atoms with Crippen LogP contribution in [0.5, 0.6) is 0 Å². The van der Waals surface area contributed by atoms with Crippen molar-refractivity contribution in [2.75, 3.05) is 26.2 Å². The van der Waals surface area contributed by atoms with Crippen LogP contribution in [0, 0.1) is 5.92 Å². The van der Waals surface area contributed by atoms with Gasteiger partial charge < -0.3 is 15.1 Å². The Kier molecular flexibility index (Phi) is 7.21. The Morgan fingerprint density at radius 2 is 1.54 bits per heavy atom. The van der Waals surface area contributed by atoms with Gasteiger partial charge >= 0.3 is 0 Å². The quantitative estimate of drug-likeness (QED) is 0.759. The van der Waals surface area contributed by atoms with Gasteiger partial charge in [0.05, 0.1) is 0 Å². The minimum Gasteiger partial charge on any atom is -0.353 e. The van der Waals surface area contributed by atoms with Crippen LogP contribution in [0.25, 0.3) is 0 Å². The third-order valence-electron chi connectivity index (χ3n) is 6.48. The summed E-state index contributed by atoms with van der Waals surface area (Å²) in [5.41, 5.74) is 0. The van der Waals surface area contributed by atoms with Gasteiger partial charge in [0, 0.05) is 31.1 Å². The molecule has 0 aromatic carbocycles. The van der Waals surface area contributed by atoms with Gasteiger partial charge in [0.2, 0.25) is 11.8 Å². The Bertz CT molecular complexity index is 477. The van der Waals surface area contributed by atoms with E-state index in [1.807, 2.05) is 4.90 Å². The van der Waals surface area contributed by atoms with Crippen molar-refractivity contribution in [2.24, 2.45) is 5.92 Å². The molecule has 1 aliphatic carbocycles. The van der Waals surface area contributed by atoms with Crippen LogP contribution < -0.4 is 5.32 Å². The van der Waals surface area contributed by atoms with Crippen molar-refractivity contribution in [3.05, 3.63) is 0 Å². The fourth-order valence-electron chi connectivity index (χ4n) is 4.80. The van der Waals surface area contributed by atoms with Gasteiger partial charge in [0.15, 0.2) is 0 Å². The van der Waals surface area contributed by atoms with Crippen LogP contribution in [0.4, 0.5) is 0 Å². The van der Waals surface area contributed by atoms with E-state index in [1.54, 1.807) is 6.92 Å². The summed E-state index contributed by atoms with van der Waals surface area (Å²) in [5, 5.41) is 2.87. The van der Waals surface area contributed by atoms with Crippen molar-refractivity contribution in [3.8, 4) is 0 Å². The van der Waals surface area contributed by atoms with E-state index in [-0.39, 0.29) is 17.7 Å². The van der Waals surface area contributed by atoms with E-state index in [0.29, 0.717) is 12.1 Å². The van der Waals surface area contributed by atoms with E-state index in [0.717, 1.165) is 64.7 Å². The second-order valence-corrected chi connectivity index (χ2v) is 8.98. The van der Waals surface area contributed by atoms with Crippen molar-refractivity contribution < 1.29 is 9.59 Å². The molecule has 1 saturated carbocycles. The molecule has 5 nitrogen and oxygen atoms in total. The van der Waals surface area contributed by atoms with Gasteiger partial charge in [-0.3, -0.25) is 9.59 Å². The van der Waals surface area contributed by atoms with Gasteiger partial charge in [-0.1, -0.05) is 19.3 Å². The summed E-state index contributed by atoms with van der Waals surface area (Å²) in [6.45, 7) is 5.38. The Morgan fingerprint density at radius 3 is 2.12 bits per heavy atom. The SMILES string of the molecule is CC(Cl)C(=O)N1CCC(N2CCC(C(=O)NC3CCCCC3)CC2)CC1. The lowest BCUT2D eigenvalue weighted by Gasteiger charge is -2.42. The zero-order chi connectivity index (χ0) is 18.5. The summed E-state index contributed by atoms with van der Waals surface area (Å²) in [6, 6.07) is 0.965. The number of rotatable bonds is 4. The summed E-state index contributed by atoms with van der Waals surface area (Å²) in [6.07, 6.45) is 10.1. The van der Waals surface area contributed by atoms with Crippen LogP contribution in [0.3, 0.4) is 0 Å². The molecule has 0 spiro atoms. The fraction of sp³-hybridized carbons (Fsp3) is 0.900. The molecule has 148 valence electrons. The summed E-state index contributed by atoms with van der Waals surface area (Å²) >= 11 is 5.92. The standard InChI is InChI=1S/C20H34ClN3O2/c1-15(21)20(26)24-13-9-18(10-14-24)23-11-7-16(8-12-23)19(25)22-17-5-3-2-4-6-17/h15-18H,2-14H2,1H3,(H,22,25). The molecule has 0 aromatic rings. The molecule has 26 heavy (non-hydrogen) atoms. The first kappa shape index (κ1) is 19.9. The Morgan fingerprint density at radius 1 is 0.923 bits per heavy atom. The zero-order valence-electron chi connectivity index (χ0n) is 16.1. The number of halogens is 1. The van der Waals surface area contributed by atoms with Crippen LogP contribution >= 0.6 is 11.6 Å². The predicted molar refractivity (Wildman–Crippen MR) is 104 cm³/mol. The molecule has 3 fully saturated rings. The average molecular weight is 384 g/mol. The van der Waals surface area contributed by atoms with Crippen LogP contribution in [0.2, 0.25) is 0 Å². The van der Waals surface area contributed by atoms with Crippen LogP contribution in [0.15, 0.2) is 0 Å². The van der Waals surface area contributed by atoms with Crippen LogP contribution in [-0.4, -0.2) is 65.3 Å². The first-order chi connectivity index (χ1) is 12.5. The maximum atomic E-state index is 12.5. The lowest BCUT2D eigenvalue weighted by atomic mass is 9.91. The highest BCUT2D eigenvalue weighted by Gasteiger charge is 2.32. The molecule has 1 N–H and O–H groups in total. The van der Waals surface area contributed by atoms with Crippen molar-refractivity contribution in [1.82, 2.24) is 15.1 Å². The molecule has 1 unspecified atom stereocenters. The van der Waals surface area contributed by atoms with Gasteiger partial charge in [-0.05, 0) is 58.5 Å². The third-order valence-corrected chi connectivity index (χ3v) is 6.67. The van der Waals surface area contributed by atoms with E-state index >= 15 is 0 Å². The molecule has 0 radical (unpaired) electrons. The largest absolute Gasteiger partial charge is 0.353 e. The average Bonchev–Trinajstić information content (AvgIpc) is 2.68. The summed E-state index contributed by atoms with van der Waals surface area (Å²) in [5.74, 6) is 0.531. The number of hydrogen-bond donors (Lipinski definition) is 1. The van der Waals surface area contributed by atoms with E-state index in [4.69, 9.17) is 11.6 Å². The smallest absolute Gasteiger partial charge is 0.240 e. The van der Waals surface area contributed by atoms with E-state index < -0.39 is 5.38 Å². The fourth-order valence-corrected chi connectivity index (χ4v) is 4.93. The zero-order valence-corrected chi connectivity index (χ0v) is 16.8. The van der Waals surface area contributed by atoms with E-state index in [9.17, 15) is 9.59 Å². The molecule has 0 aromatic heterocycles. The molecule has 3 rings (SSSR count). The van der Waals surface area contributed by atoms with Crippen LogP contribution in [0.1, 0.15) is 64.7 Å². The lowest BCUT2D eigenvalue weighted by molar-refractivity contribution is -0.132. The maximum absolute atomic E-state index is 12.5. The van der Waals surface area contributed by atoms with Crippen LogP contribution in [-0.2, 0) is 9.59 Å². The van der Waals surface area contributed by atoms with Crippen molar-refractivity contribution >= 4 is 23.4 Å². The number of amides is 2. The summed E-state index contributed by atoms with van der Waals surface area (Å²) in [7, 11) is 0. The number of carbonyl (C=O) groups is 2. The normalized spacial score (nSPS) is 25.8. The summed E-state index contributed by atoms with van der Waals surface area (Å²) in [4.78, 5) is 29.0. The summed E-state index contributed by atoms with van der Waals surface area (Å²) < 4.78 is 0. The second kappa shape index (κ2) is 9.41. The topological polar surface area (TPSA) is 52.7 Å². The molecule has 2 amide bonds. The van der Waals surface area contributed by atoms with Gasteiger partial charge in [0.25, 0.3) is 0 Å². The Balaban J connectivity index is 1.38. The predicted octanol–water partition coefficient (Wildman–Crippen LogP) is 2.77. The number of carbonyl (C=O) groups excluding carboxylic acids is 2. The van der Waals surface area contributed by atoms with Gasteiger partial charge in [-0.2, -0.15) is 0 Å². The Labute approximate surface area is 162 Å². The highest BCUT2D eigenvalue weighted by atomic mass is 35.5. The highest BCUT2D eigenvalue weighted by Crippen LogP contribution is 2.25. The monoisotopic (exact) mass is 383 g/mol. The van der Waals surface area contributed by atoms with Gasteiger partial charge in [0.1, 0.15) is 5.38 Å². The first-order valence-corrected chi connectivity index (χ1v) is 11.0. The lowest BCUT2D eigenvalue weighted by Crippen LogP contribution is -2.51. The molecule has 2 saturated heterocycles. The molecular weight excluding hydrogens is 350 g/mol. The highest BCUT2D eigenvalue weighted by molar-refractivity contribution is 6.30. The molecular formula is C20H34ClN3O2. The molecule has 6 heteroatoms. The van der Waals surface area contributed by atoms with Crippen molar-refractivity contribution in [1.29, 1.82) is 0 Å². The minimum absolute atomic E-state index is 0.0585. The number of piperidine rings is 2. The van der Waals surface area contributed by atoms with Gasteiger partial charge in [-0.15, -0.1) is 11.6 Å². The van der Waals surface area contributed by atoms with Crippen molar-refractivity contribution in [2.45, 2.75) is 82.2 Å².